The maximum atomic E-state index is 13.2. The van der Waals surface area contributed by atoms with Gasteiger partial charge in [0.05, 0.1) is 0 Å². The van der Waals surface area contributed by atoms with Crippen LogP contribution in [0.4, 0.5) is 8.78 Å². The molecule has 2 rings (SSSR count). The van der Waals surface area contributed by atoms with Crippen LogP contribution in [-0.2, 0) is 11.3 Å². The fourth-order valence-electron chi connectivity index (χ4n) is 1.80. The van der Waals surface area contributed by atoms with Gasteiger partial charge in [-0.05, 0) is 32.0 Å². The summed E-state index contributed by atoms with van der Waals surface area (Å²) >= 11 is 0. The van der Waals surface area contributed by atoms with E-state index in [1.54, 1.807) is 12.1 Å². The van der Waals surface area contributed by atoms with E-state index in [4.69, 9.17) is 4.74 Å². The van der Waals surface area contributed by atoms with Crippen molar-refractivity contribution in [3.63, 3.8) is 0 Å². The monoisotopic (exact) mass is 318 g/mol. The summed E-state index contributed by atoms with van der Waals surface area (Å²) in [6.45, 7) is 3.85. The third-order valence-corrected chi connectivity index (χ3v) is 2.83. The third kappa shape index (κ3) is 4.88. The van der Waals surface area contributed by atoms with Crippen LogP contribution in [0.1, 0.15) is 19.4 Å². The molecule has 1 aromatic carbocycles. The summed E-state index contributed by atoms with van der Waals surface area (Å²) in [6, 6.07) is 6.64. The topological polar surface area (TPSA) is 51.2 Å². The summed E-state index contributed by atoms with van der Waals surface area (Å²) < 4.78 is 31.6. The summed E-state index contributed by atoms with van der Waals surface area (Å²) in [6.07, 6.45) is 2.99. The third-order valence-electron chi connectivity index (χ3n) is 2.83. The van der Waals surface area contributed by atoms with E-state index in [1.807, 2.05) is 13.8 Å². The van der Waals surface area contributed by atoms with Gasteiger partial charge in [0.25, 0.3) is 0 Å². The Balaban J connectivity index is 2.12. The van der Waals surface area contributed by atoms with Gasteiger partial charge in [-0.2, -0.15) is 0 Å². The molecular formula is C17H16F2N2O2. The molecule has 0 saturated carbocycles. The van der Waals surface area contributed by atoms with Gasteiger partial charge in [-0.3, -0.25) is 4.79 Å². The van der Waals surface area contributed by atoms with E-state index in [2.05, 4.69) is 10.3 Å². The van der Waals surface area contributed by atoms with Crippen LogP contribution in [0.5, 0.6) is 11.6 Å². The number of pyridine rings is 1. The van der Waals surface area contributed by atoms with Crippen molar-refractivity contribution in [2.75, 3.05) is 0 Å². The van der Waals surface area contributed by atoms with Gasteiger partial charge in [0.1, 0.15) is 5.75 Å². The van der Waals surface area contributed by atoms with Gasteiger partial charge in [0, 0.05) is 30.4 Å². The van der Waals surface area contributed by atoms with Gasteiger partial charge >= 0.3 is 0 Å². The van der Waals surface area contributed by atoms with Crippen LogP contribution in [0.3, 0.4) is 0 Å². The number of nitrogens with zero attached hydrogens (tertiary/aromatic N) is 1. The Morgan fingerprint density at radius 3 is 2.74 bits per heavy atom. The van der Waals surface area contributed by atoms with Crippen LogP contribution in [-0.4, -0.2) is 10.9 Å². The maximum absolute atomic E-state index is 13.2. The van der Waals surface area contributed by atoms with E-state index in [1.165, 1.54) is 18.3 Å². The summed E-state index contributed by atoms with van der Waals surface area (Å²) in [5, 5.41) is 2.71. The van der Waals surface area contributed by atoms with Crippen LogP contribution in [0.25, 0.3) is 0 Å². The molecule has 0 saturated heterocycles. The first-order valence-corrected chi connectivity index (χ1v) is 6.95. The van der Waals surface area contributed by atoms with Crippen molar-refractivity contribution in [3.8, 4) is 11.6 Å². The molecule has 1 aromatic heterocycles. The predicted molar refractivity (Wildman–Crippen MR) is 81.9 cm³/mol. The molecular weight excluding hydrogens is 302 g/mol. The fourth-order valence-corrected chi connectivity index (χ4v) is 1.80. The Bertz CT molecular complexity index is 741. The van der Waals surface area contributed by atoms with Gasteiger partial charge in [0.2, 0.25) is 11.8 Å². The fraction of sp³-hybridized carbons (Fsp3) is 0.176. The lowest BCUT2D eigenvalue weighted by Gasteiger charge is -2.10. The number of rotatable bonds is 5. The molecule has 0 atom stereocenters. The number of nitrogens with one attached hydrogen (secondary N) is 1. The van der Waals surface area contributed by atoms with Gasteiger partial charge in [-0.25, -0.2) is 13.8 Å². The minimum absolute atomic E-state index is 0.125. The average Bonchev–Trinajstić information content (AvgIpc) is 2.49. The molecule has 0 spiro atoms. The number of amides is 1. The molecule has 120 valence electrons. The average molecular weight is 318 g/mol. The highest BCUT2D eigenvalue weighted by molar-refractivity contribution is 5.88. The molecule has 0 aliphatic rings. The van der Waals surface area contributed by atoms with E-state index in [0.29, 0.717) is 5.56 Å². The molecule has 1 heterocycles. The quantitative estimate of drug-likeness (QED) is 0.855. The van der Waals surface area contributed by atoms with Crippen LogP contribution in [0.2, 0.25) is 0 Å². The molecule has 0 fully saturated rings. The number of aromatic nitrogens is 1. The van der Waals surface area contributed by atoms with Crippen molar-refractivity contribution >= 4 is 5.91 Å². The molecule has 0 aliphatic heterocycles. The molecule has 23 heavy (non-hydrogen) atoms. The number of halogens is 2. The van der Waals surface area contributed by atoms with Gasteiger partial charge in [0.15, 0.2) is 11.6 Å². The van der Waals surface area contributed by atoms with Crippen molar-refractivity contribution in [2.24, 2.45) is 0 Å². The molecule has 0 bridgehead atoms. The van der Waals surface area contributed by atoms with E-state index < -0.39 is 11.6 Å². The molecule has 1 N–H and O–H groups in total. The summed E-state index contributed by atoms with van der Waals surface area (Å²) in [5.41, 5.74) is 1.50. The molecule has 0 unspecified atom stereocenters. The zero-order valence-corrected chi connectivity index (χ0v) is 12.8. The lowest BCUT2D eigenvalue weighted by molar-refractivity contribution is -0.116. The zero-order valence-electron chi connectivity index (χ0n) is 12.8. The molecule has 0 aliphatic carbocycles. The van der Waals surface area contributed by atoms with E-state index >= 15 is 0 Å². The van der Waals surface area contributed by atoms with Gasteiger partial charge < -0.3 is 10.1 Å². The maximum Gasteiger partial charge on any atom is 0.244 e. The zero-order chi connectivity index (χ0) is 16.8. The minimum Gasteiger partial charge on any atom is -0.439 e. The second-order valence-electron chi connectivity index (χ2n) is 5.09. The van der Waals surface area contributed by atoms with Crippen LogP contribution in [0.15, 0.2) is 48.2 Å². The van der Waals surface area contributed by atoms with Crippen LogP contribution in [0, 0.1) is 11.6 Å². The Morgan fingerprint density at radius 1 is 1.26 bits per heavy atom. The number of carbonyl (C=O) groups is 1. The Morgan fingerprint density at radius 2 is 2.04 bits per heavy atom. The number of hydrogen-bond acceptors (Lipinski definition) is 3. The SMILES string of the molecule is CC(C)=CC(=O)NCc1cccnc1Oc1ccc(F)c(F)c1. The standard InChI is InChI=1S/C17H16F2N2O2/c1-11(2)8-16(22)21-10-12-4-3-7-20-17(12)23-13-5-6-14(18)15(19)9-13/h3-9H,10H2,1-2H3,(H,21,22). The van der Waals surface area contributed by atoms with Gasteiger partial charge in [-0.1, -0.05) is 11.6 Å². The van der Waals surface area contributed by atoms with E-state index in [-0.39, 0.29) is 24.1 Å². The lowest BCUT2D eigenvalue weighted by atomic mass is 10.2. The molecule has 1 amide bonds. The van der Waals surface area contributed by atoms with Crippen molar-refractivity contribution in [3.05, 3.63) is 65.4 Å². The summed E-state index contributed by atoms with van der Waals surface area (Å²) in [5.74, 6) is -1.84. The second kappa shape index (κ2) is 7.49. The normalized spacial score (nSPS) is 10.1. The highest BCUT2D eigenvalue weighted by Gasteiger charge is 2.09. The predicted octanol–water partition coefficient (Wildman–Crippen LogP) is 3.73. The summed E-state index contributed by atoms with van der Waals surface area (Å²) in [7, 11) is 0. The smallest absolute Gasteiger partial charge is 0.244 e. The van der Waals surface area contributed by atoms with Crippen LogP contribution >= 0.6 is 0 Å². The largest absolute Gasteiger partial charge is 0.439 e. The highest BCUT2D eigenvalue weighted by atomic mass is 19.2. The molecule has 2 aromatic rings. The van der Waals surface area contributed by atoms with Crippen molar-refractivity contribution in [1.82, 2.24) is 10.3 Å². The number of hydrogen-bond donors (Lipinski definition) is 1. The van der Waals surface area contributed by atoms with E-state index in [9.17, 15) is 13.6 Å². The number of carbonyl (C=O) groups excluding carboxylic acids is 1. The molecule has 0 radical (unpaired) electrons. The Hall–Kier alpha value is -2.76. The Kier molecular flexibility index (Phi) is 5.41. The minimum atomic E-state index is -1.00. The molecule has 4 nitrogen and oxygen atoms in total. The number of benzene rings is 1. The first-order valence-electron chi connectivity index (χ1n) is 6.95. The Labute approximate surface area is 132 Å². The first-order chi connectivity index (χ1) is 11.0. The van der Waals surface area contributed by atoms with Crippen molar-refractivity contribution < 1.29 is 18.3 Å². The first kappa shape index (κ1) is 16.6. The van der Waals surface area contributed by atoms with E-state index in [0.717, 1.165) is 17.7 Å². The second-order valence-corrected chi connectivity index (χ2v) is 5.09. The van der Waals surface area contributed by atoms with Crippen molar-refractivity contribution in [1.29, 1.82) is 0 Å². The highest BCUT2D eigenvalue weighted by Crippen LogP contribution is 2.24. The van der Waals surface area contributed by atoms with Gasteiger partial charge in [-0.15, -0.1) is 0 Å². The summed E-state index contributed by atoms with van der Waals surface area (Å²) in [4.78, 5) is 15.7. The molecule has 6 heteroatoms. The number of ether oxygens (including phenoxy) is 1. The van der Waals surface area contributed by atoms with Crippen LogP contribution < -0.4 is 10.1 Å². The van der Waals surface area contributed by atoms with Crippen molar-refractivity contribution in [2.45, 2.75) is 20.4 Å². The number of allylic oxidation sites excluding steroid dienone is 1. The lowest BCUT2D eigenvalue weighted by Crippen LogP contribution is -2.21.